The van der Waals surface area contributed by atoms with Crippen LogP contribution in [0.15, 0.2) is 0 Å². The van der Waals surface area contributed by atoms with Crippen LogP contribution in [0.5, 0.6) is 0 Å². The Kier molecular flexibility index (Phi) is 5.08. The molecule has 0 radical (unpaired) electrons. The molecule has 7 heteroatoms. The zero-order chi connectivity index (χ0) is 13.7. The molecule has 1 fully saturated rings. The quantitative estimate of drug-likeness (QED) is 0.610. The van der Waals surface area contributed by atoms with E-state index < -0.39 is 11.8 Å². The standard InChI is InChI=1S/C11H20N4O3/c1-8(16)15-4-3-14(7-10(17)13-2)5-9(6-15)11(12)18/h9H,3-7H2,1-2H3,(H2,12,18)(H,13,17)/t9-/m0/s1. The van der Waals surface area contributed by atoms with Gasteiger partial charge in [-0.15, -0.1) is 0 Å². The Hall–Kier alpha value is -1.63. The van der Waals surface area contributed by atoms with Crippen molar-refractivity contribution < 1.29 is 14.4 Å². The minimum Gasteiger partial charge on any atom is -0.369 e. The van der Waals surface area contributed by atoms with Gasteiger partial charge < -0.3 is 16.0 Å². The fraction of sp³-hybridized carbons (Fsp3) is 0.727. The van der Waals surface area contributed by atoms with E-state index in [2.05, 4.69) is 5.32 Å². The molecule has 3 amide bonds. The average molecular weight is 256 g/mol. The zero-order valence-electron chi connectivity index (χ0n) is 10.8. The molecule has 0 spiro atoms. The molecule has 18 heavy (non-hydrogen) atoms. The first-order valence-electron chi connectivity index (χ1n) is 5.91. The third-order valence-corrected chi connectivity index (χ3v) is 3.10. The second-order valence-corrected chi connectivity index (χ2v) is 4.47. The third kappa shape index (κ3) is 3.99. The number of nitrogens with two attached hydrogens (primary N) is 1. The molecule has 1 rings (SSSR count). The lowest BCUT2D eigenvalue weighted by Crippen LogP contribution is -2.41. The monoisotopic (exact) mass is 256 g/mol. The minimum absolute atomic E-state index is 0.0805. The summed E-state index contributed by atoms with van der Waals surface area (Å²) in [5.41, 5.74) is 5.32. The molecular formula is C11H20N4O3. The molecular weight excluding hydrogens is 236 g/mol. The van der Waals surface area contributed by atoms with Gasteiger partial charge in [-0.3, -0.25) is 19.3 Å². The first-order chi connectivity index (χ1) is 8.43. The van der Waals surface area contributed by atoms with Crippen LogP contribution in [0.2, 0.25) is 0 Å². The van der Waals surface area contributed by atoms with Gasteiger partial charge in [0.05, 0.1) is 12.5 Å². The Morgan fingerprint density at radius 2 is 1.94 bits per heavy atom. The number of likely N-dealkylation sites (N-methyl/N-ethyl adjacent to an activating group) is 1. The molecule has 0 aromatic carbocycles. The average Bonchev–Trinajstić information content (AvgIpc) is 2.51. The molecule has 0 aromatic rings. The lowest BCUT2D eigenvalue weighted by Gasteiger charge is -2.21. The number of carbonyl (C=O) groups excluding carboxylic acids is 3. The molecule has 0 aromatic heterocycles. The van der Waals surface area contributed by atoms with Gasteiger partial charge in [0.15, 0.2) is 0 Å². The maximum Gasteiger partial charge on any atom is 0.233 e. The van der Waals surface area contributed by atoms with Gasteiger partial charge in [-0.2, -0.15) is 0 Å². The fourth-order valence-corrected chi connectivity index (χ4v) is 1.97. The Bertz CT molecular complexity index is 345. The maximum atomic E-state index is 11.4. The zero-order valence-corrected chi connectivity index (χ0v) is 10.8. The van der Waals surface area contributed by atoms with Crippen LogP contribution >= 0.6 is 0 Å². The van der Waals surface area contributed by atoms with Crippen molar-refractivity contribution in [3.63, 3.8) is 0 Å². The Morgan fingerprint density at radius 3 is 2.44 bits per heavy atom. The van der Waals surface area contributed by atoms with Crippen LogP contribution in [0.25, 0.3) is 0 Å². The molecule has 7 nitrogen and oxygen atoms in total. The van der Waals surface area contributed by atoms with E-state index >= 15 is 0 Å². The summed E-state index contributed by atoms with van der Waals surface area (Å²) in [6, 6.07) is 0. The van der Waals surface area contributed by atoms with Crippen LogP contribution in [0.3, 0.4) is 0 Å². The second kappa shape index (κ2) is 6.34. The van der Waals surface area contributed by atoms with Crippen molar-refractivity contribution in [2.45, 2.75) is 6.92 Å². The molecule has 0 unspecified atom stereocenters. The first kappa shape index (κ1) is 14.4. The summed E-state index contributed by atoms with van der Waals surface area (Å²) >= 11 is 0. The van der Waals surface area contributed by atoms with Gasteiger partial charge in [0, 0.05) is 40.2 Å². The number of nitrogens with one attached hydrogen (secondary N) is 1. The van der Waals surface area contributed by atoms with E-state index in [1.165, 1.54) is 6.92 Å². The second-order valence-electron chi connectivity index (χ2n) is 4.47. The van der Waals surface area contributed by atoms with E-state index in [4.69, 9.17) is 5.73 Å². The van der Waals surface area contributed by atoms with Crippen molar-refractivity contribution in [3.8, 4) is 0 Å². The van der Waals surface area contributed by atoms with E-state index in [1.54, 1.807) is 11.9 Å². The van der Waals surface area contributed by atoms with E-state index in [0.717, 1.165) is 0 Å². The van der Waals surface area contributed by atoms with Crippen molar-refractivity contribution >= 4 is 17.7 Å². The highest BCUT2D eigenvalue weighted by molar-refractivity contribution is 5.80. The van der Waals surface area contributed by atoms with Crippen LogP contribution in [0, 0.1) is 5.92 Å². The molecule has 0 aliphatic carbocycles. The van der Waals surface area contributed by atoms with Gasteiger partial charge in [0.1, 0.15) is 0 Å². The van der Waals surface area contributed by atoms with Gasteiger partial charge in [0.2, 0.25) is 17.7 Å². The number of carbonyl (C=O) groups is 3. The van der Waals surface area contributed by atoms with Gasteiger partial charge >= 0.3 is 0 Å². The van der Waals surface area contributed by atoms with Crippen molar-refractivity contribution in [1.29, 1.82) is 0 Å². The number of hydrogen-bond acceptors (Lipinski definition) is 4. The van der Waals surface area contributed by atoms with Gasteiger partial charge in [0.25, 0.3) is 0 Å². The summed E-state index contributed by atoms with van der Waals surface area (Å²) in [4.78, 5) is 37.5. The molecule has 3 N–H and O–H groups in total. The van der Waals surface area contributed by atoms with Gasteiger partial charge in [-0.25, -0.2) is 0 Å². The Morgan fingerprint density at radius 1 is 1.28 bits per heavy atom. The van der Waals surface area contributed by atoms with Crippen molar-refractivity contribution in [3.05, 3.63) is 0 Å². The number of rotatable bonds is 3. The highest BCUT2D eigenvalue weighted by Gasteiger charge is 2.28. The van der Waals surface area contributed by atoms with E-state index in [1.807, 2.05) is 4.90 Å². The normalized spacial score (nSPS) is 21.2. The summed E-state index contributed by atoms with van der Waals surface area (Å²) in [6.45, 7) is 3.49. The fourth-order valence-electron chi connectivity index (χ4n) is 1.97. The van der Waals surface area contributed by atoms with E-state index in [0.29, 0.717) is 26.2 Å². The molecule has 102 valence electrons. The Balaban J connectivity index is 2.71. The highest BCUT2D eigenvalue weighted by Crippen LogP contribution is 2.09. The SMILES string of the molecule is CNC(=O)CN1CCN(C(C)=O)C[C@@H](C(N)=O)C1. The predicted octanol–water partition coefficient (Wildman–Crippen LogP) is -2.00. The molecule has 0 saturated carbocycles. The summed E-state index contributed by atoms with van der Waals surface area (Å²) in [5, 5.41) is 2.53. The molecule has 1 atom stereocenters. The lowest BCUT2D eigenvalue weighted by molar-refractivity contribution is -0.130. The molecule has 1 aliphatic rings. The van der Waals surface area contributed by atoms with Crippen LogP contribution in [0.1, 0.15) is 6.92 Å². The minimum atomic E-state index is -0.440. The molecule has 0 bridgehead atoms. The predicted molar refractivity (Wildman–Crippen MR) is 65.4 cm³/mol. The van der Waals surface area contributed by atoms with Crippen LogP contribution < -0.4 is 11.1 Å². The molecule has 1 saturated heterocycles. The summed E-state index contributed by atoms with van der Waals surface area (Å²) in [6.07, 6.45) is 0. The van der Waals surface area contributed by atoms with Crippen LogP contribution in [-0.2, 0) is 14.4 Å². The third-order valence-electron chi connectivity index (χ3n) is 3.10. The largest absolute Gasteiger partial charge is 0.369 e. The van der Waals surface area contributed by atoms with E-state index in [-0.39, 0.29) is 18.4 Å². The lowest BCUT2D eigenvalue weighted by atomic mass is 10.1. The van der Waals surface area contributed by atoms with Crippen molar-refractivity contribution in [1.82, 2.24) is 15.1 Å². The molecule has 1 heterocycles. The van der Waals surface area contributed by atoms with Gasteiger partial charge in [-0.05, 0) is 0 Å². The van der Waals surface area contributed by atoms with E-state index in [9.17, 15) is 14.4 Å². The van der Waals surface area contributed by atoms with Crippen LogP contribution in [0.4, 0.5) is 0 Å². The Labute approximate surface area is 106 Å². The van der Waals surface area contributed by atoms with Crippen LogP contribution in [-0.4, -0.2) is 67.3 Å². The number of primary amides is 1. The maximum absolute atomic E-state index is 11.4. The van der Waals surface area contributed by atoms with Crippen molar-refractivity contribution in [2.75, 3.05) is 39.8 Å². The summed E-state index contributed by atoms with van der Waals surface area (Å²) < 4.78 is 0. The molecule has 1 aliphatic heterocycles. The summed E-state index contributed by atoms with van der Waals surface area (Å²) in [5.74, 6) is -1.07. The number of hydrogen-bond donors (Lipinski definition) is 2. The van der Waals surface area contributed by atoms with Gasteiger partial charge in [-0.1, -0.05) is 0 Å². The first-order valence-corrected chi connectivity index (χ1v) is 5.91. The van der Waals surface area contributed by atoms with Crippen molar-refractivity contribution in [2.24, 2.45) is 11.7 Å². The highest BCUT2D eigenvalue weighted by atomic mass is 16.2. The number of amides is 3. The topological polar surface area (TPSA) is 95.7 Å². The smallest absolute Gasteiger partial charge is 0.233 e. The summed E-state index contributed by atoms with van der Waals surface area (Å²) in [7, 11) is 1.56. The number of nitrogens with zero attached hydrogens (tertiary/aromatic N) is 2.